The molecule has 0 aliphatic heterocycles. The maximum Gasteiger partial charge on any atom is 0.0931 e. The van der Waals surface area contributed by atoms with E-state index in [0.29, 0.717) is 11.6 Å². The second kappa shape index (κ2) is 4.87. The summed E-state index contributed by atoms with van der Waals surface area (Å²) in [7, 11) is 0. The largest absolute Gasteiger partial charge is 0.307 e. The molecule has 0 spiro atoms. The van der Waals surface area contributed by atoms with Gasteiger partial charge in [0.15, 0.2) is 0 Å². The first-order chi connectivity index (χ1) is 5.68. The molecule has 0 fully saturated rings. The monoisotopic (exact) mass is 221 g/mol. The Morgan fingerprint density at radius 1 is 1.58 bits per heavy atom. The van der Waals surface area contributed by atoms with Crippen molar-refractivity contribution in [2.45, 2.75) is 6.54 Å². The first-order valence-electron chi connectivity index (χ1n) is 3.46. The van der Waals surface area contributed by atoms with E-state index in [1.165, 1.54) is 4.88 Å². The Morgan fingerprint density at radius 2 is 2.33 bits per heavy atom. The van der Waals surface area contributed by atoms with Gasteiger partial charge in [-0.05, 0) is 12.1 Å². The summed E-state index contributed by atoms with van der Waals surface area (Å²) >= 11 is 12.9. The van der Waals surface area contributed by atoms with E-state index in [2.05, 4.69) is 11.9 Å². The highest BCUT2D eigenvalue weighted by Gasteiger charge is 1.96. The van der Waals surface area contributed by atoms with E-state index in [-0.39, 0.29) is 0 Å². The summed E-state index contributed by atoms with van der Waals surface area (Å²) < 4.78 is 0.816. The molecule has 4 heteroatoms. The predicted octanol–water partition coefficient (Wildman–Crippen LogP) is 3.24. The summed E-state index contributed by atoms with van der Waals surface area (Å²) in [5.74, 6) is 0. The van der Waals surface area contributed by atoms with Crippen LogP contribution in [0.5, 0.6) is 0 Å². The second-order valence-electron chi connectivity index (χ2n) is 2.33. The van der Waals surface area contributed by atoms with Crippen molar-refractivity contribution in [3.8, 4) is 0 Å². The molecule has 0 unspecified atom stereocenters. The standard InChI is InChI=1S/C8H9Cl2NS/c1-6(9)4-11-5-7-2-3-8(10)12-7/h2-3,11H,1,4-5H2. The molecule has 1 rings (SSSR count). The first kappa shape index (κ1) is 10.1. The Hall–Kier alpha value is -0.0200. The number of thiophene rings is 1. The number of halogens is 2. The summed E-state index contributed by atoms with van der Waals surface area (Å²) in [4.78, 5) is 1.21. The van der Waals surface area contributed by atoms with Gasteiger partial charge in [0.1, 0.15) is 0 Å². The maximum absolute atomic E-state index is 5.75. The molecule has 0 radical (unpaired) electrons. The summed E-state index contributed by atoms with van der Waals surface area (Å²) in [6.07, 6.45) is 0. The Kier molecular flexibility index (Phi) is 4.09. The highest BCUT2D eigenvalue weighted by Crippen LogP contribution is 2.20. The molecule has 0 amide bonds. The van der Waals surface area contributed by atoms with Crippen LogP contribution in [-0.2, 0) is 6.54 Å². The molecule has 66 valence electrons. The summed E-state index contributed by atoms with van der Waals surface area (Å²) in [6, 6.07) is 3.88. The molecule has 1 aromatic heterocycles. The van der Waals surface area contributed by atoms with E-state index in [0.717, 1.165) is 10.9 Å². The summed E-state index contributed by atoms with van der Waals surface area (Å²) in [5.41, 5.74) is 0. The average Bonchev–Trinajstić information content (AvgIpc) is 2.35. The third-order valence-corrected chi connectivity index (χ3v) is 2.61. The van der Waals surface area contributed by atoms with Crippen LogP contribution in [-0.4, -0.2) is 6.54 Å². The third kappa shape index (κ3) is 3.59. The molecule has 0 saturated heterocycles. The quantitative estimate of drug-likeness (QED) is 0.824. The van der Waals surface area contributed by atoms with Crippen molar-refractivity contribution in [2.24, 2.45) is 0 Å². The van der Waals surface area contributed by atoms with Gasteiger partial charge in [-0.1, -0.05) is 29.8 Å². The van der Waals surface area contributed by atoms with Gasteiger partial charge in [-0.25, -0.2) is 0 Å². The lowest BCUT2D eigenvalue weighted by molar-refractivity contribution is 0.765. The van der Waals surface area contributed by atoms with Crippen LogP contribution in [0.25, 0.3) is 0 Å². The van der Waals surface area contributed by atoms with Crippen LogP contribution in [0.1, 0.15) is 4.88 Å². The van der Waals surface area contributed by atoms with Crippen LogP contribution in [0, 0.1) is 0 Å². The van der Waals surface area contributed by atoms with Crippen LogP contribution in [0.2, 0.25) is 4.34 Å². The predicted molar refractivity (Wildman–Crippen MR) is 56.0 cm³/mol. The van der Waals surface area contributed by atoms with Gasteiger partial charge in [0.05, 0.1) is 4.34 Å². The van der Waals surface area contributed by atoms with E-state index in [9.17, 15) is 0 Å². The third-order valence-electron chi connectivity index (χ3n) is 1.24. The fourth-order valence-electron chi connectivity index (χ4n) is 0.768. The summed E-state index contributed by atoms with van der Waals surface area (Å²) in [5, 5.41) is 3.76. The van der Waals surface area contributed by atoms with Gasteiger partial charge in [0.25, 0.3) is 0 Å². The Labute approximate surface area is 86.0 Å². The van der Waals surface area contributed by atoms with Gasteiger partial charge in [0, 0.05) is 23.0 Å². The molecule has 1 N–H and O–H groups in total. The molecule has 0 aromatic carbocycles. The van der Waals surface area contributed by atoms with Gasteiger partial charge < -0.3 is 5.32 Å². The van der Waals surface area contributed by atoms with E-state index in [1.54, 1.807) is 11.3 Å². The van der Waals surface area contributed by atoms with E-state index in [1.807, 2.05) is 12.1 Å². The first-order valence-corrected chi connectivity index (χ1v) is 5.04. The molecule has 1 aromatic rings. The van der Waals surface area contributed by atoms with Crippen molar-refractivity contribution in [3.63, 3.8) is 0 Å². The Morgan fingerprint density at radius 3 is 2.83 bits per heavy atom. The zero-order valence-electron chi connectivity index (χ0n) is 6.44. The number of nitrogens with one attached hydrogen (secondary N) is 1. The highest BCUT2D eigenvalue weighted by molar-refractivity contribution is 7.16. The van der Waals surface area contributed by atoms with Crippen LogP contribution in [0.4, 0.5) is 0 Å². The Bertz CT molecular complexity index is 270. The van der Waals surface area contributed by atoms with E-state index < -0.39 is 0 Å². The molecule has 1 nitrogen and oxygen atoms in total. The fourth-order valence-corrected chi connectivity index (χ4v) is 1.92. The van der Waals surface area contributed by atoms with Gasteiger partial charge in [-0.15, -0.1) is 11.3 Å². The minimum atomic E-state index is 0.623. The second-order valence-corrected chi connectivity index (χ2v) is 4.66. The van der Waals surface area contributed by atoms with Crippen LogP contribution in [0.15, 0.2) is 23.7 Å². The lowest BCUT2D eigenvalue weighted by atomic mass is 10.4. The van der Waals surface area contributed by atoms with E-state index in [4.69, 9.17) is 23.2 Å². The van der Waals surface area contributed by atoms with Crippen LogP contribution < -0.4 is 5.32 Å². The maximum atomic E-state index is 5.75. The molecule has 0 saturated carbocycles. The minimum Gasteiger partial charge on any atom is -0.307 e. The topological polar surface area (TPSA) is 12.0 Å². The summed E-state index contributed by atoms with van der Waals surface area (Å²) in [6.45, 7) is 5.00. The average molecular weight is 222 g/mol. The highest BCUT2D eigenvalue weighted by atomic mass is 35.5. The minimum absolute atomic E-state index is 0.623. The molecule has 0 aliphatic carbocycles. The molecule has 0 atom stereocenters. The van der Waals surface area contributed by atoms with Gasteiger partial charge >= 0.3 is 0 Å². The van der Waals surface area contributed by atoms with Crippen LogP contribution >= 0.6 is 34.5 Å². The molecule has 12 heavy (non-hydrogen) atoms. The zero-order valence-corrected chi connectivity index (χ0v) is 8.77. The normalized spacial score (nSPS) is 10.2. The lowest BCUT2D eigenvalue weighted by Gasteiger charge is -1.99. The van der Waals surface area contributed by atoms with E-state index >= 15 is 0 Å². The zero-order chi connectivity index (χ0) is 8.97. The van der Waals surface area contributed by atoms with Gasteiger partial charge in [0.2, 0.25) is 0 Å². The fraction of sp³-hybridized carbons (Fsp3) is 0.250. The smallest absolute Gasteiger partial charge is 0.0931 e. The molecular formula is C8H9Cl2NS. The van der Waals surface area contributed by atoms with Crippen molar-refractivity contribution in [3.05, 3.63) is 33.0 Å². The number of hydrogen-bond donors (Lipinski definition) is 1. The molecular weight excluding hydrogens is 213 g/mol. The van der Waals surface area contributed by atoms with Crippen molar-refractivity contribution < 1.29 is 0 Å². The van der Waals surface area contributed by atoms with Gasteiger partial charge in [-0.3, -0.25) is 0 Å². The Balaban J connectivity index is 2.29. The molecule has 1 heterocycles. The van der Waals surface area contributed by atoms with Crippen molar-refractivity contribution >= 4 is 34.5 Å². The van der Waals surface area contributed by atoms with Crippen molar-refractivity contribution in [1.82, 2.24) is 5.32 Å². The lowest BCUT2D eigenvalue weighted by Crippen LogP contribution is -2.13. The van der Waals surface area contributed by atoms with Crippen LogP contribution in [0.3, 0.4) is 0 Å². The number of hydrogen-bond acceptors (Lipinski definition) is 2. The van der Waals surface area contributed by atoms with Gasteiger partial charge in [-0.2, -0.15) is 0 Å². The van der Waals surface area contributed by atoms with Crippen molar-refractivity contribution in [1.29, 1.82) is 0 Å². The molecule has 0 aliphatic rings. The number of rotatable bonds is 4. The molecule has 0 bridgehead atoms. The SMILES string of the molecule is C=C(Cl)CNCc1ccc(Cl)s1. The van der Waals surface area contributed by atoms with Crippen molar-refractivity contribution in [2.75, 3.05) is 6.54 Å².